The standard InChI is InChI=1S/C10H14N4/c1-2-4-9-7-13-10(14-8-9)12-6-3-5-11/h7-8H,2-4,6H2,1H3,(H,12,13,14). The second kappa shape index (κ2) is 5.92. The fourth-order valence-corrected chi connectivity index (χ4v) is 1.09. The van der Waals surface area contributed by atoms with Crippen molar-refractivity contribution in [2.75, 3.05) is 11.9 Å². The first kappa shape index (κ1) is 10.5. The van der Waals surface area contributed by atoms with Crippen molar-refractivity contribution in [1.29, 1.82) is 5.26 Å². The van der Waals surface area contributed by atoms with Crippen LogP contribution >= 0.6 is 0 Å². The highest BCUT2D eigenvalue weighted by Crippen LogP contribution is 2.02. The molecule has 0 fully saturated rings. The van der Waals surface area contributed by atoms with E-state index in [0.29, 0.717) is 18.9 Å². The summed E-state index contributed by atoms with van der Waals surface area (Å²) >= 11 is 0. The van der Waals surface area contributed by atoms with E-state index in [1.54, 1.807) is 0 Å². The highest BCUT2D eigenvalue weighted by atomic mass is 15.1. The van der Waals surface area contributed by atoms with Crippen LogP contribution in [0.15, 0.2) is 12.4 Å². The molecule has 1 rings (SSSR count). The predicted molar refractivity (Wildman–Crippen MR) is 54.7 cm³/mol. The van der Waals surface area contributed by atoms with Gasteiger partial charge in [-0.05, 0) is 12.0 Å². The zero-order valence-corrected chi connectivity index (χ0v) is 8.32. The zero-order chi connectivity index (χ0) is 10.2. The van der Waals surface area contributed by atoms with Crippen molar-refractivity contribution in [2.45, 2.75) is 26.2 Å². The van der Waals surface area contributed by atoms with Crippen LogP contribution in [-0.2, 0) is 6.42 Å². The van der Waals surface area contributed by atoms with Gasteiger partial charge in [0.2, 0.25) is 5.95 Å². The molecule has 0 amide bonds. The summed E-state index contributed by atoms with van der Waals surface area (Å²) in [7, 11) is 0. The third kappa shape index (κ3) is 3.40. The Bertz CT molecular complexity index is 299. The maximum Gasteiger partial charge on any atom is 0.222 e. The fourth-order valence-electron chi connectivity index (χ4n) is 1.09. The summed E-state index contributed by atoms with van der Waals surface area (Å²) in [6.07, 6.45) is 6.24. The molecule has 0 radical (unpaired) electrons. The van der Waals surface area contributed by atoms with E-state index in [2.05, 4.69) is 28.3 Å². The number of hydrogen-bond donors (Lipinski definition) is 1. The Morgan fingerprint density at radius 3 is 2.71 bits per heavy atom. The lowest BCUT2D eigenvalue weighted by molar-refractivity contribution is 0.898. The average Bonchev–Trinajstić information content (AvgIpc) is 2.21. The fraction of sp³-hybridized carbons (Fsp3) is 0.500. The highest BCUT2D eigenvalue weighted by Gasteiger charge is 1.95. The van der Waals surface area contributed by atoms with Crippen molar-refractivity contribution in [1.82, 2.24) is 9.97 Å². The van der Waals surface area contributed by atoms with Gasteiger partial charge in [0, 0.05) is 18.9 Å². The summed E-state index contributed by atoms with van der Waals surface area (Å²) in [5.74, 6) is 0.597. The topological polar surface area (TPSA) is 61.6 Å². The van der Waals surface area contributed by atoms with Crippen LogP contribution < -0.4 is 5.32 Å². The molecule has 4 nitrogen and oxygen atoms in total. The van der Waals surface area contributed by atoms with Gasteiger partial charge in [0.1, 0.15) is 0 Å². The summed E-state index contributed by atoms with van der Waals surface area (Å²) in [5, 5.41) is 11.3. The van der Waals surface area contributed by atoms with Crippen molar-refractivity contribution in [3.63, 3.8) is 0 Å². The predicted octanol–water partition coefficient (Wildman–Crippen LogP) is 1.75. The molecule has 0 unspecified atom stereocenters. The lowest BCUT2D eigenvalue weighted by Gasteiger charge is -2.02. The minimum Gasteiger partial charge on any atom is -0.353 e. The molecule has 1 heterocycles. The smallest absolute Gasteiger partial charge is 0.222 e. The van der Waals surface area contributed by atoms with Gasteiger partial charge in [-0.2, -0.15) is 5.26 Å². The van der Waals surface area contributed by atoms with Crippen LogP contribution in [-0.4, -0.2) is 16.5 Å². The third-order valence-corrected chi connectivity index (χ3v) is 1.76. The highest BCUT2D eigenvalue weighted by molar-refractivity contribution is 5.24. The van der Waals surface area contributed by atoms with E-state index in [1.807, 2.05) is 12.4 Å². The second-order valence-corrected chi connectivity index (χ2v) is 3.00. The van der Waals surface area contributed by atoms with E-state index in [0.717, 1.165) is 18.4 Å². The minimum absolute atomic E-state index is 0.472. The van der Waals surface area contributed by atoms with Crippen molar-refractivity contribution in [3.05, 3.63) is 18.0 Å². The molecule has 14 heavy (non-hydrogen) atoms. The summed E-state index contributed by atoms with van der Waals surface area (Å²) in [4.78, 5) is 8.27. The van der Waals surface area contributed by atoms with E-state index >= 15 is 0 Å². The first-order valence-corrected chi connectivity index (χ1v) is 4.78. The summed E-state index contributed by atoms with van der Waals surface area (Å²) < 4.78 is 0. The van der Waals surface area contributed by atoms with E-state index in [4.69, 9.17) is 5.26 Å². The van der Waals surface area contributed by atoms with E-state index in [1.165, 1.54) is 0 Å². The molecule has 0 bridgehead atoms. The number of nitriles is 1. The number of anilines is 1. The van der Waals surface area contributed by atoms with Crippen LogP contribution in [0.3, 0.4) is 0 Å². The molecule has 1 N–H and O–H groups in total. The second-order valence-electron chi connectivity index (χ2n) is 3.00. The number of nitrogens with one attached hydrogen (secondary N) is 1. The van der Waals surface area contributed by atoms with Gasteiger partial charge in [-0.25, -0.2) is 9.97 Å². The van der Waals surface area contributed by atoms with Gasteiger partial charge in [0.25, 0.3) is 0 Å². The maximum atomic E-state index is 8.33. The van der Waals surface area contributed by atoms with Gasteiger partial charge in [-0.3, -0.25) is 0 Å². The molecule has 4 heteroatoms. The number of rotatable bonds is 5. The molecule has 0 aromatic carbocycles. The van der Waals surface area contributed by atoms with Gasteiger partial charge in [-0.15, -0.1) is 0 Å². The first-order chi connectivity index (χ1) is 6.86. The van der Waals surface area contributed by atoms with E-state index < -0.39 is 0 Å². The molecule has 0 saturated heterocycles. The largest absolute Gasteiger partial charge is 0.353 e. The number of hydrogen-bond acceptors (Lipinski definition) is 4. The molecule has 0 spiro atoms. The van der Waals surface area contributed by atoms with Crippen LogP contribution in [0, 0.1) is 11.3 Å². The Morgan fingerprint density at radius 2 is 2.14 bits per heavy atom. The summed E-state index contributed by atoms with van der Waals surface area (Å²) in [5.41, 5.74) is 1.15. The number of aromatic nitrogens is 2. The number of nitrogens with zero attached hydrogens (tertiary/aromatic N) is 3. The Balaban J connectivity index is 2.43. The lowest BCUT2D eigenvalue weighted by atomic mass is 10.2. The van der Waals surface area contributed by atoms with Gasteiger partial charge >= 0.3 is 0 Å². The Morgan fingerprint density at radius 1 is 1.43 bits per heavy atom. The van der Waals surface area contributed by atoms with Crippen LogP contribution in [0.5, 0.6) is 0 Å². The molecule has 0 saturated carbocycles. The number of aryl methyl sites for hydroxylation is 1. The van der Waals surface area contributed by atoms with Gasteiger partial charge in [0.05, 0.1) is 12.5 Å². The molecule has 1 aromatic rings. The molecule has 0 aliphatic rings. The molecular weight excluding hydrogens is 176 g/mol. The zero-order valence-electron chi connectivity index (χ0n) is 8.32. The quantitative estimate of drug-likeness (QED) is 0.718. The Labute approximate surface area is 84.0 Å². The van der Waals surface area contributed by atoms with Crippen LogP contribution in [0.2, 0.25) is 0 Å². The van der Waals surface area contributed by atoms with Gasteiger partial charge < -0.3 is 5.32 Å². The molecule has 1 aromatic heterocycles. The van der Waals surface area contributed by atoms with Crippen molar-refractivity contribution in [3.8, 4) is 6.07 Å². The van der Waals surface area contributed by atoms with E-state index in [-0.39, 0.29) is 0 Å². The van der Waals surface area contributed by atoms with Crippen LogP contribution in [0.4, 0.5) is 5.95 Å². The molecular formula is C10H14N4. The minimum atomic E-state index is 0.472. The molecule has 0 aliphatic heterocycles. The van der Waals surface area contributed by atoms with E-state index in [9.17, 15) is 0 Å². The molecule has 0 aliphatic carbocycles. The van der Waals surface area contributed by atoms with Crippen molar-refractivity contribution < 1.29 is 0 Å². The molecule has 74 valence electrons. The van der Waals surface area contributed by atoms with Crippen LogP contribution in [0.1, 0.15) is 25.3 Å². The monoisotopic (exact) mass is 190 g/mol. The average molecular weight is 190 g/mol. The summed E-state index contributed by atoms with van der Waals surface area (Å²) in [6.45, 7) is 2.72. The normalized spacial score (nSPS) is 9.43. The van der Waals surface area contributed by atoms with Gasteiger partial charge in [-0.1, -0.05) is 13.3 Å². The third-order valence-electron chi connectivity index (χ3n) is 1.76. The van der Waals surface area contributed by atoms with Crippen molar-refractivity contribution >= 4 is 5.95 Å². The van der Waals surface area contributed by atoms with Crippen LogP contribution in [0.25, 0.3) is 0 Å². The molecule has 0 atom stereocenters. The van der Waals surface area contributed by atoms with Gasteiger partial charge in [0.15, 0.2) is 0 Å². The first-order valence-electron chi connectivity index (χ1n) is 4.78. The SMILES string of the molecule is CCCc1cnc(NCCC#N)nc1. The maximum absolute atomic E-state index is 8.33. The lowest BCUT2D eigenvalue weighted by Crippen LogP contribution is -2.04. The van der Waals surface area contributed by atoms with Crippen molar-refractivity contribution in [2.24, 2.45) is 0 Å². The Hall–Kier alpha value is -1.63. The summed E-state index contributed by atoms with van der Waals surface area (Å²) in [6, 6.07) is 2.05. The Kier molecular flexibility index (Phi) is 4.42.